The molecule has 3 N–H and O–H groups in total. The molecule has 0 aromatic heterocycles. The van der Waals surface area contributed by atoms with Gasteiger partial charge < -0.3 is 19.8 Å². The van der Waals surface area contributed by atoms with Crippen LogP contribution in [-0.2, 0) is 18.4 Å². The zero-order valence-corrected chi connectivity index (χ0v) is 33.1. The second-order valence-electron chi connectivity index (χ2n) is 14.3. The van der Waals surface area contributed by atoms with Crippen molar-refractivity contribution in [3.8, 4) is 0 Å². The molecular weight excluding hydrogens is 635 g/mol. The molecule has 0 bridgehead atoms. The highest BCUT2D eigenvalue weighted by atomic mass is 31.2. The molecule has 8 nitrogen and oxygen atoms in total. The minimum Gasteiger partial charge on any atom is -0.391 e. The van der Waals surface area contributed by atoms with Gasteiger partial charge in [0.1, 0.15) is 13.2 Å². The molecule has 3 unspecified atom stereocenters. The molecule has 1 amide bonds. The van der Waals surface area contributed by atoms with Gasteiger partial charge in [0, 0.05) is 6.42 Å². The molecule has 3 atom stereocenters. The molecule has 0 aliphatic heterocycles. The number of amides is 1. The highest BCUT2D eigenvalue weighted by molar-refractivity contribution is 7.47. The number of carbonyl (C=O) groups excluding carboxylic acids is 1. The Morgan fingerprint density at radius 3 is 1.67 bits per heavy atom. The highest BCUT2D eigenvalue weighted by Crippen LogP contribution is 2.43. The first-order valence-corrected chi connectivity index (χ1v) is 21.0. The molecule has 0 radical (unpaired) electrons. The Bertz CT molecular complexity index is 944. The van der Waals surface area contributed by atoms with Crippen LogP contribution < -0.4 is 5.32 Å². The predicted octanol–water partition coefficient (Wildman–Crippen LogP) is 10.1. The van der Waals surface area contributed by atoms with Crippen molar-refractivity contribution in [1.82, 2.24) is 5.32 Å². The zero-order chi connectivity index (χ0) is 36.5. The number of unbranched alkanes of at least 4 members (excludes halogenated alkanes) is 13. The molecule has 0 spiro atoms. The normalized spacial score (nSPS) is 15.2. The fraction of sp³-hybridized carbons (Fsp3) is 0.775. The number of hydrogen-bond acceptors (Lipinski definition) is 5. The van der Waals surface area contributed by atoms with E-state index in [1.807, 2.05) is 33.3 Å². The smallest absolute Gasteiger partial charge is 0.391 e. The molecule has 49 heavy (non-hydrogen) atoms. The number of nitrogens with one attached hydrogen (secondary N) is 1. The summed E-state index contributed by atoms with van der Waals surface area (Å²) in [5.74, 6) is -0.227. The first kappa shape index (κ1) is 47.5. The molecule has 0 heterocycles. The quantitative estimate of drug-likeness (QED) is 0.0266. The molecule has 0 rings (SSSR count). The molecule has 0 aliphatic rings. The van der Waals surface area contributed by atoms with Gasteiger partial charge in [-0.1, -0.05) is 152 Å². The number of aliphatic hydroxyl groups is 1. The van der Waals surface area contributed by atoms with Crippen molar-refractivity contribution in [2.45, 2.75) is 161 Å². The number of likely N-dealkylation sites (N-methyl/N-ethyl adjacent to an activating group) is 1. The maximum Gasteiger partial charge on any atom is 0.472 e. The summed E-state index contributed by atoms with van der Waals surface area (Å²) in [7, 11) is 1.56. The van der Waals surface area contributed by atoms with Crippen molar-refractivity contribution in [3.05, 3.63) is 48.6 Å². The summed E-state index contributed by atoms with van der Waals surface area (Å²) in [5.41, 5.74) is 0. The molecule has 0 aliphatic carbocycles. The third kappa shape index (κ3) is 34.7. The average molecular weight is 712 g/mol. The van der Waals surface area contributed by atoms with E-state index in [4.69, 9.17) is 9.05 Å². The number of rotatable bonds is 34. The third-order valence-corrected chi connectivity index (χ3v) is 9.34. The number of hydrogen-bond donors (Lipinski definition) is 3. The molecule has 0 aromatic rings. The Kier molecular flexibility index (Phi) is 31.4. The number of aliphatic hydroxyl groups excluding tert-OH is 1. The number of phosphoric acid groups is 1. The van der Waals surface area contributed by atoms with E-state index < -0.39 is 20.0 Å². The SMILES string of the molecule is CC/C=C\C/C=C\C/C=C\C/C=C\CCC(=O)NC(COP(=O)(O)OCC[N+](C)(C)C)C(O)CCCCCCCCCCCCCCCC. The average Bonchev–Trinajstić information content (AvgIpc) is 3.04. The number of carbonyl (C=O) groups is 1. The number of quaternary nitrogens is 1. The van der Waals surface area contributed by atoms with Crippen LogP contribution in [0.3, 0.4) is 0 Å². The Labute approximate surface area is 301 Å². The lowest BCUT2D eigenvalue weighted by Gasteiger charge is -2.26. The van der Waals surface area contributed by atoms with Gasteiger partial charge in [-0.2, -0.15) is 0 Å². The van der Waals surface area contributed by atoms with E-state index in [2.05, 4.69) is 55.6 Å². The van der Waals surface area contributed by atoms with E-state index >= 15 is 0 Å². The van der Waals surface area contributed by atoms with E-state index in [1.165, 1.54) is 70.6 Å². The molecule has 0 saturated heterocycles. The second-order valence-corrected chi connectivity index (χ2v) is 15.7. The van der Waals surface area contributed by atoms with Gasteiger partial charge in [0.2, 0.25) is 5.91 Å². The van der Waals surface area contributed by atoms with Crippen molar-refractivity contribution < 1.29 is 32.9 Å². The summed E-state index contributed by atoms with van der Waals surface area (Å²) in [6.45, 7) is 4.69. The van der Waals surface area contributed by atoms with Crippen molar-refractivity contribution in [3.63, 3.8) is 0 Å². The van der Waals surface area contributed by atoms with Gasteiger partial charge >= 0.3 is 7.82 Å². The number of phosphoric ester groups is 1. The van der Waals surface area contributed by atoms with Crippen LogP contribution in [0.2, 0.25) is 0 Å². The standard InChI is InChI=1S/C40H75N2O6P/c1-6-8-10-12-14-16-18-20-22-23-25-27-29-31-33-39(43)38(37-48-49(45,46)47-36-35-42(3,4)5)41-40(44)34-32-30-28-26-24-21-19-17-15-13-11-9-7-2/h9,11,15,17,21,24,28,30,38-39,43H,6-8,10,12-14,16,18-20,22-23,25-27,29,31-37H2,1-5H3,(H-,41,44,45,46)/p+1/b11-9-,17-15-,24-21-,30-28-. The fourth-order valence-corrected chi connectivity index (χ4v) is 5.97. The molecule has 0 fully saturated rings. The fourth-order valence-electron chi connectivity index (χ4n) is 5.23. The van der Waals surface area contributed by atoms with Crippen molar-refractivity contribution in [1.29, 1.82) is 0 Å². The van der Waals surface area contributed by atoms with Gasteiger partial charge in [0.25, 0.3) is 0 Å². The lowest BCUT2D eigenvalue weighted by molar-refractivity contribution is -0.870. The van der Waals surface area contributed by atoms with Crippen LogP contribution in [-0.4, -0.2) is 73.4 Å². The van der Waals surface area contributed by atoms with E-state index in [9.17, 15) is 19.4 Å². The maximum atomic E-state index is 12.8. The van der Waals surface area contributed by atoms with Crippen molar-refractivity contribution >= 4 is 13.7 Å². The Balaban J connectivity index is 4.58. The van der Waals surface area contributed by atoms with E-state index in [-0.39, 0.29) is 25.5 Å². The zero-order valence-electron chi connectivity index (χ0n) is 32.2. The molecular formula is C40H76N2O6P+. The van der Waals surface area contributed by atoms with Crippen LogP contribution in [0.15, 0.2) is 48.6 Å². The molecule has 9 heteroatoms. The number of allylic oxidation sites excluding steroid dienone is 8. The van der Waals surface area contributed by atoms with Crippen LogP contribution in [0.5, 0.6) is 0 Å². The van der Waals surface area contributed by atoms with Gasteiger partial charge in [-0.05, 0) is 38.5 Å². The molecule has 0 saturated carbocycles. The highest BCUT2D eigenvalue weighted by Gasteiger charge is 2.28. The summed E-state index contributed by atoms with van der Waals surface area (Å²) < 4.78 is 23.5. The topological polar surface area (TPSA) is 105 Å². The first-order valence-electron chi connectivity index (χ1n) is 19.5. The maximum absolute atomic E-state index is 12.8. The third-order valence-electron chi connectivity index (χ3n) is 8.35. The summed E-state index contributed by atoms with van der Waals surface area (Å²) in [4.78, 5) is 23.0. The van der Waals surface area contributed by atoms with Crippen LogP contribution in [0.1, 0.15) is 149 Å². The predicted molar refractivity (Wildman–Crippen MR) is 207 cm³/mol. The Hall–Kier alpha value is -1.54. The summed E-state index contributed by atoms with van der Waals surface area (Å²) >= 11 is 0. The van der Waals surface area contributed by atoms with Gasteiger partial charge in [-0.15, -0.1) is 0 Å². The summed E-state index contributed by atoms with van der Waals surface area (Å²) in [6.07, 6.45) is 38.6. The van der Waals surface area contributed by atoms with E-state index in [0.717, 1.165) is 44.9 Å². The number of nitrogens with zero attached hydrogens (tertiary/aromatic N) is 1. The first-order chi connectivity index (χ1) is 23.5. The summed E-state index contributed by atoms with van der Waals surface area (Å²) in [6, 6.07) is -0.797. The van der Waals surface area contributed by atoms with Crippen molar-refractivity contribution in [2.24, 2.45) is 0 Å². The van der Waals surface area contributed by atoms with Crippen LogP contribution in [0, 0.1) is 0 Å². The van der Waals surface area contributed by atoms with Gasteiger partial charge in [-0.25, -0.2) is 4.57 Å². The van der Waals surface area contributed by atoms with Crippen LogP contribution in [0.25, 0.3) is 0 Å². The largest absolute Gasteiger partial charge is 0.472 e. The van der Waals surface area contributed by atoms with E-state index in [0.29, 0.717) is 23.9 Å². The minimum atomic E-state index is -4.33. The lowest BCUT2D eigenvalue weighted by atomic mass is 10.0. The Morgan fingerprint density at radius 2 is 1.18 bits per heavy atom. The van der Waals surface area contributed by atoms with Crippen molar-refractivity contribution in [2.75, 3.05) is 40.9 Å². The Morgan fingerprint density at radius 1 is 0.714 bits per heavy atom. The monoisotopic (exact) mass is 712 g/mol. The van der Waals surface area contributed by atoms with Crippen LogP contribution >= 0.6 is 7.82 Å². The van der Waals surface area contributed by atoms with Crippen LogP contribution in [0.4, 0.5) is 0 Å². The van der Waals surface area contributed by atoms with Gasteiger partial charge in [0.15, 0.2) is 0 Å². The summed E-state index contributed by atoms with van der Waals surface area (Å²) in [5, 5.41) is 13.8. The van der Waals surface area contributed by atoms with Gasteiger partial charge in [-0.3, -0.25) is 13.8 Å². The lowest BCUT2D eigenvalue weighted by Crippen LogP contribution is -2.46. The second kappa shape index (κ2) is 32.4. The molecule has 0 aromatic carbocycles. The minimum absolute atomic E-state index is 0.0603. The van der Waals surface area contributed by atoms with E-state index in [1.54, 1.807) is 0 Å². The molecule has 286 valence electrons. The van der Waals surface area contributed by atoms with Gasteiger partial charge in [0.05, 0.1) is 39.9 Å².